The highest BCUT2D eigenvalue weighted by Gasteiger charge is 2.24. The Balaban J connectivity index is 2.35. The molecule has 0 spiro atoms. The summed E-state index contributed by atoms with van der Waals surface area (Å²) < 4.78 is 34.1. The van der Waals surface area contributed by atoms with Crippen LogP contribution >= 0.6 is 0 Å². The van der Waals surface area contributed by atoms with Crippen molar-refractivity contribution in [3.05, 3.63) is 83.9 Å². The molecular weight excluding hydrogens is 1060 g/mol. The summed E-state index contributed by atoms with van der Waals surface area (Å²) in [7, 11) is 0. The van der Waals surface area contributed by atoms with Gasteiger partial charge in [0.15, 0.2) is 11.6 Å². The Kier molecular flexibility index (Phi) is 55.3. The van der Waals surface area contributed by atoms with Crippen molar-refractivity contribution in [1.29, 1.82) is 0 Å². The maximum atomic E-state index is 13.5. The van der Waals surface area contributed by atoms with Gasteiger partial charge in [0.1, 0.15) is 6.10 Å². The Bertz CT molecular complexity index is 1760. The average Bonchev–Trinajstić information content (AvgIpc) is 3.66. The predicted molar refractivity (Wildman–Crippen MR) is 369 cm³/mol. The maximum Gasteiger partial charge on any atom is 0.193 e. The van der Waals surface area contributed by atoms with Crippen LogP contribution in [0.1, 0.15) is 370 Å². The van der Waals surface area contributed by atoms with Gasteiger partial charge in [0.2, 0.25) is 0 Å². The molecule has 0 saturated heterocycles. The van der Waals surface area contributed by atoms with Crippen LogP contribution in [0.3, 0.4) is 0 Å². The highest BCUT2D eigenvalue weighted by atomic mass is 16.5. The molecule has 7 heteroatoms. The summed E-state index contributed by atoms with van der Waals surface area (Å²) in [6.45, 7) is 19.0. The third-order valence-electron chi connectivity index (χ3n) is 17.9. The first-order valence-corrected chi connectivity index (χ1v) is 37.3. The van der Waals surface area contributed by atoms with Gasteiger partial charge in [-0.05, 0) is 95.1 Å². The largest absolute Gasteiger partial charge is 0.378 e. The monoisotopic (exact) mass is 1200 g/mol. The highest BCUT2D eigenvalue weighted by Crippen LogP contribution is 2.29. The van der Waals surface area contributed by atoms with E-state index in [1.54, 1.807) is 0 Å². The number of hydrogen-bond acceptors (Lipinski definition) is 7. The number of benzene rings is 2. The zero-order chi connectivity index (χ0) is 61.9. The van der Waals surface area contributed by atoms with Gasteiger partial charge in [-0.3, -0.25) is 9.59 Å². The minimum Gasteiger partial charge on any atom is -0.378 e. The number of carbonyl (C=O) groups excluding carboxylic acids is 2. The SMILES string of the molecule is C=CC(=O)C(CCC(CCC(CCC(CCC(OCCCCCCCCCC)c1ccc(C(=O)c2ccccc2)cc1)OCCCCCCCCCC)OCCCCCCCCCC)OCCCCCCCCCC)OCCCCCCCCCC. The van der Waals surface area contributed by atoms with E-state index in [-0.39, 0.29) is 36.0 Å². The minimum absolute atomic E-state index is 0.00745. The smallest absolute Gasteiger partial charge is 0.193 e. The number of hydrogen-bond donors (Lipinski definition) is 0. The van der Waals surface area contributed by atoms with Crippen LogP contribution in [0.25, 0.3) is 0 Å². The van der Waals surface area contributed by atoms with Crippen molar-refractivity contribution in [3.63, 3.8) is 0 Å². The lowest BCUT2D eigenvalue weighted by Crippen LogP contribution is -2.27. The van der Waals surface area contributed by atoms with Gasteiger partial charge < -0.3 is 23.7 Å². The van der Waals surface area contributed by atoms with Gasteiger partial charge in [-0.1, -0.05) is 321 Å². The molecule has 0 radical (unpaired) electrons. The highest BCUT2D eigenvalue weighted by molar-refractivity contribution is 6.08. The summed E-state index contributed by atoms with van der Waals surface area (Å²) in [5.74, 6) is 0.0425. The lowest BCUT2D eigenvalue weighted by atomic mass is 9.96. The molecule has 0 aromatic heterocycles. The Hall–Kier alpha value is -2.68. The van der Waals surface area contributed by atoms with Crippen molar-refractivity contribution < 1.29 is 33.3 Å². The number of ether oxygens (including phenoxy) is 5. The molecule has 0 aliphatic carbocycles. The summed E-state index contributed by atoms with van der Waals surface area (Å²) in [6, 6.07) is 17.9. The van der Waals surface area contributed by atoms with E-state index >= 15 is 0 Å². The third kappa shape index (κ3) is 44.7. The molecule has 86 heavy (non-hydrogen) atoms. The molecule has 496 valence electrons. The standard InChI is InChI=1S/C79H138O7/c1-7-13-18-23-28-33-38-46-65-82-73(58-60-75(84-67-48-40-35-30-25-20-15-9-3)62-64-78(76(80)12-6)86-69-50-42-37-32-27-22-17-11-5)57-59-74(83-66-47-39-34-29-24-19-14-8-2)61-63-77(85-68-49-41-36-31-26-21-16-10-4)70-53-55-72(56-54-70)79(81)71-51-44-43-45-52-71/h12,43-45,51-56,73-75,77-78H,6-11,13-42,46-50,57-69H2,1-5H3. The van der Waals surface area contributed by atoms with Gasteiger partial charge in [0.25, 0.3) is 0 Å². The number of carbonyl (C=O) groups is 2. The van der Waals surface area contributed by atoms with E-state index in [2.05, 4.69) is 53.3 Å². The molecule has 5 atom stereocenters. The van der Waals surface area contributed by atoms with E-state index in [9.17, 15) is 9.59 Å². The van der Waals surface area contributed by atoms with Gasteiger partial charge in [0, 0.05) is 44.2 Å². The van der Waals surface area contributed by atoms with Gasteiger partial charge in [-0.2, -0.15) is 0 Å². The minimum atomic E-state index is -0.470. The van der Waals surface area contributed by atoms with Crippen LogP contribution < -0.4 is 0 Å². The molecule has 2 aromatic rings. The molecule has 0 bridgehead atoms. The van der Waals surface area contributed by atoms with Crippen molar-refractivity contribution in [2.24, 2.45) is 0 Å². The second kappa shape index (κ2) is 59.9. The van der Waals surface area contributed by atoms with Crippen LogP contribution in [0, 0.1) is 0 Å². The molecule has 7 nitrogen and oxygen atoms in total. The number of rotatable bonds is 67. The second-order valence-corrected chi connectivity index (χ2v) is 25.8. The average molecular weight is 1200 g/mol. The number of unbranched alkanes of at least 4 members (excludes halogenated alkanes) is 35. The summed E-state index contributed by atoms with van der Waals surface area (Å²) in [5.41, 5.74) is 2.56. The van der Waals surface area contributed by atoms with E-state index in [1.165, 1.54) is 224 Å². The van der Waals surface area contributed by atoms with Gasteiger partial charge >= 0.3 is 0 Å². The number of ketones is 2. The first-order valence-electron chi connectivity index (χ1n) is 37.3. The Morgan fingerprint density at radius 2 is 0.605 bits per heavy atom. The first-order chi connectivity index (χ1) is 42.4. The summed E-state index contributed by atoms with van der Waals surface area (Å²) >= 11 is 0. The van der Waals surface area contributed by atoms with Crippen molar-refractivity contribution in [2.75, 3.05) is 33.0 Å². The van der Waals surface area contributed by atoms with E-state index < -0.39 is 6.10 Å². The summed E-state index contributed by atoms with van der Waals surface area (Å²) in [5, 5.41) is 0. The van der Waals surface area contributed by atoms with Crippen molar-refractivity contribution in [2.45, 2.75) is 373 Å². The fourth-order valence-corrected chi connectivity index (χ4v) is 12.1. The molecular formula is C79H138O7. The molecule has 2 aromatic carbocycles. The first kappa shape index (κ1) is 79.4. The fourth-order valence-electron chi connectivity index (χ4n) is 12.1. The zero-order valence-electron chi connectivity index (χ0n) is 57.2. The summed E-state index contributed by atoms with van der Waals surface area (Å²) in [6.07, 6.45) is 58.6. The topological polar surface area (TPSA) is 80.3 Å². The molecule has 0 amide bonds. The normalized spacial score (nSPS) is 13.5. The molecule has 0 saturated carbocycles. The molecule has 0 fully saturated rings. The van der Waals surface area contributed by atoms with Crippen LogP contribution in [0.4, 0.5) is 0 Å². The molecule has 0 N–H and O–H groups in total. The van der Waals surface area contributed by atoms with Crippen LogP contribution in [0.5, 0.6) is 0 Å². The van der Waals surface area contributed by atoms with Gasteiger partial charge in [-0.15, -0.1) is 0 Å². The van der Waals surface area contributed by atoms with Crippen molar-refractivity contribution in [1.82, 2.24) is 0 Å². The Morgan fingerprint density at radius 1 is 0.326 bits per heavy atom. The van der Waals surface area contributed by atoms with Crippen molar-refractivity contribution in [3.8, 4) is 0 Å². The molecule has 0 heterocycles. The molecule has 0 aliphatic heterocycles. The van der Waals surface area contributed by atoms with E-state index in [0.29, 0.717) is 24.2 Å². The quantitative estimate of drug-likeness (QED) is 0.0371. The maximum absolute atomic E-state index is 13.5. The van der Waals surface area contributed by atoms with E-state index in [4.69, 9.17) is 23.7 Å². The van der Waals surface area contributed by atoms with Gasteiger partial charge in [-0.25, -0.2) is 0 Å². The zero-order valence-corrected chi connectivity index (χ0v) is 57.2. The van der Waals surface area contributed by atoms with Crippen LogP contribution in [0.15, 0.2) is 67.3 Å². The van der Waals surface area contributed by atoms with Crippen LogP contribution in [-0.4, -0.2) is 69.0 Å². The Morgan fingerprint density at radius 3 is 0.942 bits per heavy atom. The van der Waals surface area contributed by atoms with Gasteiger partial charge in [0.05, 0.1) is 24.4 Å². The second-order valence-electron chi connectivity index (χ2n) is 25.8. The third-order valence-corrected chi connectivity index (χ3v) is 17.9. The van der Waals surface area contributed by atoms with Crippen molar-refractivity contribution >= 4 is 11.6 Å². The summed E-state index contributed by atoms with van der Waals surface area (Å²) in [4.78, 5) is 26.8. The van der Waals surface area contributed by atoms with E-state index in [0.717, 1.165) is 115 Å². The van der Waals surface area contributed by atoms with Crippen LogP contribution in [-0.2, 0) is 28.5 Å². The Labute approximate surface area is 532 Å². The van der Waals surface area contributed by atoms with E-state index in [1.807, 2.05) is 42.5 Å². The lowest BCUT2D eigenvalue weighted by Gasteiger charge is -2.26. The molecule has 2 rings (SSSR count). The van der Waals surface area contributed by atoms with Crippen LogP contribution in [0.2, 0.25) is 0 Å². The molecule has 0 aliphatic rings. The fraction of sp³-hybridized carbons (Fsp3) is 0.797. The lowest BCUT2D eigenvalue weighted by molar-refractivity contribution is -0.126. The predicted octanol–water partition coefficient (Wildman–Crippen LogP) is 24.1. The molecule has 5 unspecified atom stereocenters.